The Kier molecular flexibility index (Phi) is 3.87. The molecule has 1 aromatic carbocycles. The molecule has 14 heavy (non-hydrogen) atoms. The summed E-state index contributed by atoms with van der Waals surface area (Å²) in [4.78, 5) is 11.6. The maximum Gasteiger partial charge on any atom is 0.140 e. The van der Waals surface area contributed by atoms with Gasteiger partial charge in [0.2, 0.25) is 0 Å². The molecule has 76 valence electrons. The Labute approximate surface area is 86.1 Å². The van der Waals surface area contributed by atoms with E-state index in [1.165, 1.54) is 5.56 Å². The van der Waals surface area contributed by atoms with Crippen LogP contribution in [0.2, 0.25) is 0 Å². The SMILES string of the molecule is CCC(C)C(=O)Cc1ccc(C)cc1. The first-order valence-electron chi connectivity index (χ1n) is 5.21. The molecule has 0 N–H and O–H groups in total. The van der Waals surface area contributed by atoms with E-state index >= 15 is 0 Å². The van der Waals surface area contributed by atoms with Crippen molar-refractivity contribution in [3.8, 4) is 0 Å². The molecule has 1 aromatic rings. The number of benzene rings is 1. The van der Waals surface area contributed by atoms with Crippen molar-refractivity contribution in [1.82, 2.24) is 0 Å². The standard InChI is InChI=1S/C13H18O/c1-4-11(3)13(14)9-12-7-5-10(2)6-8-12/h5-8,11H,4,9H2,1-3H3. The molecule has 0 aliphatic heterocycles. The maximum atomic E-state index is 11.6. The van der Waals surface area contributed by atoms with Crippen molar-refractivity contribution in [2.45, 2.75) is 33.6 Å². The molecule has 0 radical (unpaired) electrons. The van der Waals surface area contributed by atoms with Gasteiger partial charge in [-0.15, -0.1) is 0 Å². The molecule has 1 rings (SSSR count). The van der Waals surface area contributed by atoms with Gasteiger partial charge < -0.3 is 0 Å². The Morgan fingerprint density at radius 1 is 1.29 bits per heavy atom. The Balaban J connectivity index is 2.60. The van der Waals surface area contributed by atoms with Crippen LogP contribution in [-0.2, 0) is 11.2 Å². The summed E-state index contributed by atoms with van der Waals surface area (Å²) in [6, 6.07) is 8.18. The van der Waals surface area contributed by atoms with E-state index in [1.807, 2.05) is 19.1 Å². The molecule has 1 heteroatoms. The molecule has 1 unspecified atom stereocenters. The Morgan fingerprint density at radius 3 is 2.36 bits per heavy atom. The first-order chi connectivity index (χ1) is 6.63. The molecule has 0 aromatic heterocycles. The predicted molar refractivity (Wildman–Crippen MR) is 59.3 cm³/mol. The monoisotopic (exact) mass is 190 g/mol. The van der Waals surface area contributed by atoms with Gasteiger partial charge in [0.15, 0.2) is 0 Å². The Morgan fingerprint density at radius 2 is 1.86 bits per heavy atom. The highest BCUT2D eigenvalue weighted by atomic mass is 16.1. The molecule has 0 saturated heterocycles. The average Bonchev–Trinajstić information content (AvgIpc) is 2.20. The van der Waals surface area contributed by atoms with Gasteiger partial charge in [0.25, 0.3) is 0 Å². The van der Waals surface area contributed by atoms with Gasteiger partial charge in [-0.25, -0.2) is 0 Å². The van der Waals surface area contributed by atoms with Crippen LogP contribution in [0.25, 0.3) is 0 Å². The van der Waals surface area contributed by atoms with Crippen LogP contribution in [0.3, 0.4) is 0 Å². The van der Waals surface area contributed by atoms with Crippen LogP contribution in [0.15, 0.2) is 24.3 Å². The smallest absolute Gasteiger partial charge is 0.140 e. The number of carbonyl (C=O) groups excluding carboxylic acids is 1. The van der Waals surface area contributed by atoms with Gasteiger partial charge in [-0.1, -0.05) is 43.7 Å². The summed E-state index contributed by atoms with van der Waals surface area (Å²) in [5, 5.41) is 0. The van der Waals surface area contributed by atoms with Crippen molar-refractivity contribution in [2.75, 3.05) is 0 Å². The van der Waals surface area contributed by atoms with Crippen LogP contribution < -0.4 is 0 Å². The van der Waals surface area contributed by atoms with Crippen molar-refractivity contribution in [2.24, 2.45) is 5.92 Å². The van der Waals surface area contributed by atoms with Gasteiger partial charge in [-0.3, -0.25) is 4.79 Å². The summed E-state index contributed by atoms with van der Waals surface area (Å²) < 4.78 is 0. The number of carbonyl (C=O) groups is 1. The summed E-state index contributed by atoms with van der Waals surface area (Å²) in [5.74, 6) is 0.535. The van der Waals surface area contributed by atoms with E-state index in [0.29, 0.717) is 12.2 Å². The zero-order chi connectivity index (χ0) is 10.6. The zero-order valence-electron chi connectivity index (χ0n) is 9.21. The number of hydrogen-bond donors (Lipinski definition) is 0. The van der Waals surface area contributed by atoms with E-state index in [4.69, 9.17) is 0 Å². The summed E-state index contributed by atoms with van der Waals surface area (Å²) in [7, 11) is 0. The van der Waals surface area contributed by atoms with Gasteiger partial charge in [0.05, 0.1) is 0 Å². The first kappa shape index (κ1) is 11.0. The van der Waals surface area contributed by atoms with E-state index in [9.17, 15) is 4.79 Å². The summed E-state index contributed by atoms with van der Waals surface area (Å²) in [6.07, 6.45) is 1.51. The van der Waals surface area contributed by atoms with Crippen LogP contribution in [0.5, 0.6) is 0 Å². The maximum absolute atomic E-state index is 11.6. The van der Waals surface area contributed by atoms with E-state index < -0.39 is 0 Å². The van der Waals surface area contributed by atoms with E-state index in [-0.39, 0.29) is 5.92 Å². The molecule has 0 heterocycles. The molecule has 1 atom stereocenters. The molecule has 1 nitrogen and oxygen atoms in total. The number of Topliss-reactive ketones (excluding diaryl/α,β-unsaturated/α-hetero) is 1. The minimum Gasteiger partial charge on any atom is -0.299 e. The highest BCUT2D eigenvalue weighted by Crippen LogP contribution is 2.09. The molecule has 0 bridgehead atoms. The van der Waals surface area contributed by atoms with Gasteiger partial charge in [-0.2, -0.15) is 0 Å². The van der Waals surface area contributed by atoms with Crippen LogP contribution in [0.1, 0.15) is 31.4 Å². The Hall–Kier alpha value is -1.11. The quantitative estimate of drug-likeness (QED) is 0.712. The van der Waals surface area contributed by atoms with Crippen molar-refractivity contribution in [3.63, 3.8) is 0 Å². The molecule has 0 amide bonds. The van der Waals surface area contributed by atoms with E-state index in [1.54, 1.807) is 0 Å². The minimum absolute atomic E-state index is 0.191. The summed E-state index contributed by atoms with van der Waals surface area (Å²) in [5.41, 5.74) is 2.37. The van der Waals surface area contributed by atoms with Gasteiger partial charge in [-0.05, 0) is 18.9 Å². The second-order valence-corrected chi connectivity index (χ2v) is 3.94. The average molecular weight is 190 g/mol. The highest BCUT2D eigenvalue weighted by molar-refractivity contribution is 5.82. The van der Waals surface area contributed by atoms with Crippen molar-refractivity contribution in [3.05, 3.63) is 35.4 Å². The number of rotatable bonds is 4. The van der Waals surface area contributed by atoms with Crippen molar-refractivity contribution in [1.29, 1.82) is 0 Å². The molecule has 0 aliphatic carbocycles. The van der Waals surface area contributed by atoms with Crippen LogP contribution in [0, 0.1) is 12.8 Å². The number of hydrogen-bond acceptors (Lipinski definition) is 1. The third-order valence-electron chi connectivity index (χ3n) is 2.66. The van der Waals surface area contributed by atoms with E-state index in [0.717, 1.165) is 12.0 Å². The van der Waals surface area contributed by atoms with Crippen LogP contribution in [0.4, 0.5) is 0 Å². The second-order valence-electron chi connectivity index (χ2n) is 3.94. The second kappa shape index (κ2) is 4.94. The fraction of sp³-hybridized carbons (Fsp3) is 0.462. The van der Waals surface area contributed by atoms with E-state index in [2.05, 4.69) is 26.0 Å². The molecule has 0 aliphatic rings. The largest absolute Gasteiger partial charge is 0.299 e. The molecular weight excluding hydrogens is 172 g/mol. The van der Waals surface area contributed by atoms with Crippen LogP contribution >= 0.6 is 0 Å². The molecule has 0 fully saturated rings. The predicted octanol–water partition coefficient (Wildman–Crippen LogP) is 3.15. The number of aryl methyl sites for hydroxylation is 1. The summed E-state index contributed by atoms with van der Waals surface area (Å²) >= 11 is 0. The molecule has 0 spiro atoms. The first-order valence-corrected chi connectivity index (χ1v) is 5.21. The van der Waals surface area contributed by atoms with Crippen molar-refractivity contribution < 1.29 is 4.79 Å². The third-order valence-corrected chi connectivity index (χ3v) is 2.66. The fourth-order valence-electron chi connectivity index (χ4n) is 1.31. The lowest BCUT2D eigenvalue weighted by atomic mass is 9.97. The number of ketones is 1. The minimum atomic E-state index is 0.191. The highest BCUT2D eigenvalue weighted by Gasteiger charge is 2.10. The normalized spacial score (nSPS) is 12.5. The third kappa shape index (κ3) is 2.99. The lowest BCUT2D eigenvalue weighted by molar-refractivity contribution is -0.121. The Bertz CT molecular complexity index is 298. The molecule has 0 saturated carbocycles. The van der Waals surface area contributed by atoms with Crippen molar-refractivity contribution >= 4 is 5.78 Å². The van der Waals surface area contributed by atoms with Gasteiger partial charge >= 0.3 is 0 Å². The van der Waals surface area contributed by atoms with Gasteiger partial charge in [0.1, 0.15) is 5.78 Å². The lowest BCUT2D eigenvalue weighted by Crippen LogP contribution is -2.12. The van der Waals surface area contributed by atoms with Gasteiger partial charge in [0, 0.05) is 12.3 Å². The lowest BCUT2D eigenvalue weighted by Gasteiger charge is -2.07. The fourth-order valence-corrected chi connectivity index (χ4v) is 1.31. The molecular formula is C13H18O. The summed E-state index contributed by atoms with van der Waals surface area (Å²) in [6.45, 7) is 6.11. The van der Waals surface area contributed by atoms with Crippen LogP contribution in [-0.4, -0.2) is 5.78 Å². The topological polar surface area (TPSA) is 17.1 Å². The zero-order valence-corrected chi connectivity index (χ0v) is 9.21.